The summed E-state index contributed by atoms with van der Waals surface area (Å²) in [5, 5.41) is 8.50. The highest BCUT2D eigenvalue weighted by atomic mass is 16.5. The lowest BCUT2D eigenvalue weighted by Crippen LogP contribution is -2.48. The molecule has 1 N–H and O–H groups in total. The second kappa shape index (κ2) is 11.5. The van der Waals surface area contributed by atoms with Gasteiger partial charge in [0.1, 0.15) is 12.2 Å². The number of amides is 3. The van der Waals surface area contributed by atoms with Crippen LogP contribution in [-0.4, -0.2) is 88.5 Å². The van der Waals surface area contributed by atoms with Crippen molar-refractivity contribution in [1.82, 2.24) is 29.9 Å². The molecule has 0 aromatic carbocycles. The van der Waals surface area contributed by atoms with Gasteiger partial charge < -0.3 is 24.6 Å². The number of aryl methyl sites for hydroxylation is 2. The lowest BCUT2D eigenvalue weighted by atomic mass is 10.0. The number of alkyl carbamates (subject to hydrolysis) is 1. The summed E-state index contributed by atoms with van der Waals surface area (Å²) in [6, 6.07) is 3.82. The van der Waals surface area contributed by atoms with E-state index in [1.165, 1.54) is 12.0 Å². The Morgan fingerprint density at radius 3 is 2.51 bits per heavy atom. The summed E-state index contributed by atoms with van der Waals surface area (Å²) in [6.07, 6.45) is 2.86. The van der Waals surface area contributed by atoms with Crippen LogP contribution < -0.4 is 5.32 Å². The average Bonchev–Trinajstić information content (AvgIpc) is 3.66. The van der Waals surface area contributed by atoms with Crippen molar-refractivity contribution in [3.63, 3.8) is 0 Å². The van der Waals surface area contributed by atoms with Gasteiger partial charge in [0.15, 0.2) is 5.65 Å². The van der Waals surface area contributed by atoms with Crippen molar-refractivity contribution in [2.45, 2.75) is 83.2 Å². The van der Waals surface area contributed by atoms with Crippen LogP contribution in [-0.2, 0) is 25.6 Å². The van der Waals surface area contributed by atoms with Gasteiger partial charge >= 0.3 is 6.09 Å². The fraction of sp³-hybridized carbons (Fsp3) is 0.654. The molecule has 3 heterocycles. The van der Waals surface area contributed by atoms with E-state index in [4.69, 9.17) is 14.8 Å². The first-order valence-corrected chi connectivity index (χ1v) is 13.1. The van der Waals surface area contributed by atoms with E-state index in [9.17, 15) is 14.4 Å². The number of carbonyl (C=O) groups is 3. The Hall–Kier alpha value is -3.21. The molecule has 0 spiro atoms. The van der Waals surface area contributed by atoms with E-state index in [2.05, 4.69) is 10.1 Å². The molecule has 202 valence electrons. The van der Waals surface area contributed by atoms with Crippen LogP contribution in [0.3, 0.4) is 0 Å². The van der Waals surface area contributed by atoms with Gasteiger partial charge in [-0.15, -0.1) is 0 Å². The van der Waals surface area contributed by atoms with Crippen LogP contribution in [0.4, 0.5) is 4.79 Å². The van der Waals surface area contributed by atoms with Crippen molar-refractivity contribution in [1.29, 1.82) is 0 Å². The number of rotatable bonds is 9. The van der Waals surface area contributed by atoms with Crippen LogP contribution in [0.2, 0.25) is 0 Å². The summed E-state index contributed by atoms with van der Waals surface area (Å²) in [6.45, 7) is 4.95. The topological polar surface area (TPSA) is 119 Å². The summed E-state index contributed by atoms with van der Waals surface area (Å²) in [5.41, 5.74) is 2.43. The summed E-state index contributed by atoms with van der Waals surface area (Å²) in [7, 11) is 4.75. The number of fused-ring (bicyclic) bond motifs is 1. The molecule has 2 aromatic rings. The van der Waals surface area contributed by atoms with Crippen molar-refractivity contribution >= 4 is 28.9 Å². The van der Waals surface area contributed by atoms with Gasteiger partial charge in [-0.1, -0.05) is 0 Å². The molecule has 1 aliphatic heterocycles. The van der Waals surface area contributed by atoms with Gasteiger partial charge in [-0.2, -0.15) is 5.10 Å². The molecule has 11 nitrogen and oxygen atoms in total. The fourth-order valence-corrected chi connectivity index (χ4v) is 4.94. The fourth-order valence-electron chi connectivity index (χ4n) is 4.94. The van der Waals surface area contributed by atoms with Crippen LogP contribution >= 0.6 is 0 Å². The maximum atomic E-state index is 13.8. The van der Waals surface area contributed by atoms with Crippen molar-refractivity contribution in [3.05, 3.63) is 23.5 Å². The summed E-state index contributed by atoms with van der Waals surface area (Å²) in [5.74, 6) is -0.173. The van der Waals surface area contributed by atoms with Gasteiger partial charge in [-0.05, 0) is 64.5 Å². The minimum absolute atomic E-state index is 0.0729. The molecule has 3 atom stereocenters. The first kappa shape index (κ1) is 26.8. The summed E-state index contributed by atoms with van der Waals surface area (Å²) in [4.78, 5) is 45.8. The SMILES string of the molecule is COC(=O)NCCCn1nc([C@@H](C)N(C(=O)[C@H]2CCC[C@@H](C(=O)N(C)C)O2)C2CC2)c2ccc(C)nc21. The number of pyridine rings is 1. The van der Waals surface area contributed by atoms with Gasteiger partial charge in [-0.25, -0.2) is 14.5 Å². The lowest BCUT2D eigenvalue weighted by Gasteiger charge is -2.36. The molecule has 2 aliphatic rings. The number of likely N-dealkylation sites (N-methyl/N-ethyl adjacent to an activating group) is 1. The van der Waals surface area contributed by atoms with Gasteiger partial charge in [0.2, 0.25) is 0 Å². The molecular formula is C26H38N6O5. The Bertz CT molecular complexity index is 1140. The molecule has 1 aliphatic carbocycles. The van der Waals surface area contributed by atoms with Crippen molar-refractivity contribution in [2.24, 2.45) is 0 Å². The van der Waals surface area contributed by atoms with Gasteiger partial charge in [0, 0.05) is 44.3 Å². The zero-order chi connectivity index (χ0) is 26.7. The number of nitrogens with zero attached hydrogens (tertiary/aromatic N) is 5. The predicted molar refractivity (Wildman–Crippen MR) is 137 cm³/mol. The quantitative estimate of drug-likeness (QED) is 0.511. The van der Waals surface area contributed by atoms with E-state index in [0.29, 0.717) is 32.4 Å². The Morgan fingerprint density at radius 1 is 1.16 bits per heavy atom. The standard InChI is InChI=1S/C26H38N6O5/c1-16-10-13-19-22(29-31(23(19)28-16)15-7-14-27-26(35)36-5)17(2)32(18-11-12-18)25(34)21-9-6-8-20(37-21)24(33)30(3)4/h10,13,17-18,20-21H,6-9,11-12,14-15H2,1-5H3,(H,27,35)/t17-,20+,21-/m1/s1. The number of hydrogen-bond donors (Lipinski definition) is 1. The third kappa shape index (κ3) is 6.03. The first-order valence-electron chi connectivity index (χ1n) is 13.1. The van der Waals surface area contributed by atoms with Crippen molar-refractivity contribution in [3.8, 4) is 0 Å². The third-order valence-corrected chi connectivity index (χ3v) is 7.03. The number of carbonyl (C=O) groups excluding carboxylic acids is 3. The van der Waals surface area contributed by atoms with Gasteiger partial charge in [0.05, 0.1) is 18.8 Å². The van der Waals surface area contributed by atoms with Crippen LogP contribution in [0, 0.1) is 6.92 Å². The molecule has 1 saturated heterocycles. The monoisotopic (exact) mass is 514 g/mol. The lowest BCUT2D eigenvalue weighted by molar-refractivity contribution is -0.164. The van der Waals surface area contributed by atoms with E-state index >= 15 is 0 Å². The normalized spacial score (nSPS) is 20.4. The number of aromatic nitrogens is 3. The number of nitrogens with one attached hydrogen (secondary N) is 1. The zero-order valence-corrected chi connectivity index (χ0v) is 22.4. The minimum Gasteiger partial charge on any atom is -0.453 e. The second-order valence-electron chi connectivity index (χ2n) is 10.1. The summed E-state index contributed by atoms with van der Waals surface area (Å²) >= 11 is 0. The number of ether oxygens (including phenoxy) is 2. The van der Waals surface area contributed by atoms with Crippen LogP contribution in [0.15, 0.2) is 12.1 Å². The molecule has 1 saturated carbocycles. The molecule has 11 heteroatoms. The highest BCUT2D eigenvalue weighted by Gasteiger charge is 2.43. The summed E-state index contributed by atoms with van der Waals surface area (Å²) < 4.78 is 12.5. The van der Waals surface area contributed by atoms with E-state index in [1.54, 1.807) is 14.1 Å². The van der Waals surface area contributed by atoms with E-state index in [-0.39, 0.29) is 23.9 Å². The Balaban J connectivity index is 1.56. The maximum absolute atomic E-state index is 13.8. The molecule has 0 unspecified atom stereocenters. The molecule has 2 fully saturated rings. The highest BCUT2D eigenvalue weighted by molar-refractivity contribution is 5.85. The first-order chi connectivity index (χ1) is 17.7. The molecule has 3 amide bonds. The van der Waals surface area contributed by atoms with Crippen LogP contribution in [0.1, 0.15) is 62.9 Å². The average molecular weight is 515 g/mol. The Labute approximate surface area is 217 Å². The van der Waals surface area contributed by atoms with Gasteiger partial charge in [-0.3, -0.25) is 9.59 Å². The van der Waals surface area contributed by atoms with Crippen LogP contribution in [0.25, 0.3) is 11.0 Å². The van der Waals surface area contributed by atoms with E-state index in [0.717, 1.165) is 41.7 Å². The van der Waals surface area contributed by atoms with Crippen molar-refractivity contribution in [2.75, 3.05) is 27.7 Å². The number of methoxy groups -OCH3 is 1. The molecule has 2 aromatic heterocycles. The van der Waals surface area contributed by atoms with Gasteiger partial charge in [0.25, 0.3) is 11.8 Å². The third-order valence-electron chi connectivity index (χ3n) is 7.03. The highest BCUT2D eigenvalue weighted by Crippen LogP contribution is 2.38. The largest absolute Gasteiger partial charge is 0.453 e. The molecule has 37 heavy (non-hydrogen) atoms. The minimum atomic E-state index is -0.635. The number of hydrogen-bond acceptors (Lipinski definition) is 7. The maximum Gasteiger partial charge on any atom is 0.406 e. The molecule has 4 rings (SSSR count). The Morgan fingerprint density at radius 2 is 1.86 bits per heavy atom. The predicted octanol–water partition coefficient (Wildman–Crippen LogP) is 2.56. The molecule has 0 radical (unpaired) electrons. The Kier molecular flexibility index (Phi) is 8.31. The molecular weight excluding hydrogens is 476 g/mol. The molecule has 0 bridgehead atoms. The van der Waals surface area contributed by atoms with E-state index in [1.807, 2.05) is 35.6 Å². The second-order valence-corrected chi connectivity index (χ2v) is 10.1. The zero-order valence-electron chi connectivity index (χ0n) is 22.4. The van der Waals surface area contributed by atoms with E-state index < -0.39 is 18.3 Å². The van der Waals surface area contributed by atoms with Crippen molar-refractivity contribution < 1.29 is 23.9 Å². The van der Waals surface area contributed by atoms with Crippen LogP contribution in [0.5, 0.6) is 0 Å². The smallest absolute Gasteiger partial charge is 0.406 e.